The average molecular weight is 1350 g/mol. The summed E-state index contributed by atoms with van der Waals surface area (Å²) in [7, 11) is -3.99. The van der Waals surface area contributed by atoms with Gasteiger partial charge in [0.15, 0.2) is 40.5 Å². The molecule has 2 N–H and O–H groups in total. The normalized spacial score (nSPS) is 50.3. The molecular weight excluding hydrogens is 1250 g/mol. The predicted molar refractivity (Wildman–Crippen MR) is 336 cm³/mol. The molecule has 20 nitrogen and oxygen atoms in total. The Morgan fingerprint density at radius 1 is 0.494 bits per heavy atom. The van der Waals surface area contributed by atoms with Crippen LogP contribution in [0.2, 0.25) is 0 Å². The maximum absolute atomic E-state index is 10.9. The molecule has 0 saturated carbocycles. The van der Waals surface area contributed by atoms with E-state index in [1.54, 1.807) is 27.7 Å². The lowest BCUT2D eigenvalue weighted by atomic mass is 10.0. The summed E-state index contributed by atoms with van der Waals surface area (Å²) in [4.78, 5) is 0. The second-order valence-electron chi connectivity index (χ2n) is 28.3. The molecule has 13 aliphatic heterocycles. The van der Waals surface area contributed by atoms with Gasteiger partial charge in [0.1, 0.15) is 54.5 Å². The second kappa shape index (κ2) is 24.6. The molecule has 0 aromatic rings. The van der Waals surface area contributed by atoms with E-state index in [0.29, 0.717) is 34.8 Å². The molecule has 29 heteroatoms. The van der Waals surface area contributed by atoms with Crippen LogP contribution in [-0.4, -0.2) is 264 Å². The number of ether oxygens (including phenoxy) is 14. The van der Waals surface area contributed by atoms with Crippen LogP contribution in [0, 0.1) is 0 Å². The van der Waals surface area contributed by atoms with E-state index in [1.807, 2.05) is 69.2 Å². The molecule has 5 unspecified atom stereocenters. The first-order valence-electron chi connectivity index (χ1n) is 29.2. The third kappa shape index (κ3) is 16.1. The van der Waals surface area contributed by atoms with E-state index in [-0.39, 0.29) is 109 Å². The number of hydrogen-bond donors (Lipinski definition) is 4. The van der Waals surface area contributed by atoms with Gasteiger partial charge in [-0.1, -0.05) is 11.8 Å². The van der Waals surface area contributed by atoms with Crippen LogP contribution in [0.15, 0.2) is 0 Å². The van der Waals surface area contributed by atoms with Crippen molar-refractivity contribution in [1.82, 2.24) is 0 Å². The van der Waals surface area contributed by atoms with Gasteiger partial charge in [-0.05, 0) is 135 Å². The topological polar surface area (TPSA) is 222 Å². The Labute approximate surface area is 514 Å². The predicted octanol–water partition coefficient (Wildman–Crippen LogP) is 7.71. The Bertz CT molecular complexity index is 2360. The van der Waals surface area contributed by atoms with Crippen LogP contribution in [-0.2, 0) is 96.9 Å². The monoisotopic (exact) mass is 1350 g/mol. The molecular formula is C54H99O20P5S4+2. The quantitative estimate of drug-likeness (QED) is 0.156. The third-order valence-electron chi connectivity index (χ3n) is 17.4. The van der Waals surface area contributed by atoms with Crippen LogP contribution in [0.4, 0.5) is 0 Å². The minimum Gasteiger partial charge on any atom is -0.394 e. The van der Waals surface area contributed by atoms with Crippen LogP contribution >= 0.6 is 59.3 Å². The summed E-state index contributed by atoms with van der Waals surface area (Å²) in [6.07, 6.45) is 7.15. The first kappa shape index (κ1) is 69.6. The van der Waals surface area contributed by atoms with Crippen LogP contribution < -0.4 is 0 Å². The van der Waals surface area contributed by atoms with E-state index in [0.717, 1.165) is 24.6 Å². The van der Waals surface area contributed by atoms with Gasteiger partial charge in [0.2, 0.25) is 0 Å². The fourth-order valence-electron chi connectivity index (χ4n) is 14.8. The summed E-state index contributed by atoms with van der Waals surface area (Å²) in [6, 6.07) is -1.58. The Hall–Kier alpha value is 2.30. The van der Waals surface area contributed by atoms with Gasteiger partial charge in [-0.25, -0.2) is 8.37 Å². The van der Waals surface area contributed by atoms with E-state index in [1.165, 1.54) is 12.3 Å². The van der Waals surface area contributed by atoms with Crippen molar-refractivity contribution >= 4 is 81.5 Å². The van der Waals surface area contributed by atoms with Crippen molar-refractivity contribution in [1.29, 1.82) is 0 Å². The van der Waals surface area contributed by atoms with Crippen molar-refractivity contribution < 1.29 is 93.3 Å². The standard InChI is InChI=1S/C16H29O4P2S2.C16H28O4P2.C8H16O2PS.C7H12O6S.C7H14O4/c1-15(2)17-9-7-21(5,23)13(11(9)19-15)14-12-10(8-22(14,6)24)18-16(3,4)20-12;1-15(2)17-9-7-21(5)13(11(9)19-15)14-12-10(8-22(14)6)18-16(3,4)20-12;1-8(2)9-6-4-11(3,12)5-7(6)10-8;1-7(2)12-5-3-10-14(8,9)11-4-6(5)13-7;1-7(2)10-5(3-8)6(4-9)11-7/h9-14,23H,7-8H2,1-6H3;9-14H,7-8H2,1-6H3;6-7,12H,4-5H2,1-3H3;5-6H,3-4H2,1-2H3;5-6,8-9H,3-4H2,1-2H3/q+1;;+1;;/t9?,10-,11+,12+,13-,14-,21?,22-;9-,10?,11+,12+,13-,14-,21-,22+;6-,7?,11?;2*5-,6-/m11111/s1. The van der Waals surface area contributed by atoms with E-state index >= 15 is 0 Å². The van der Waals surface area contributed by atoms with Gasteiger partial charge in [0.05, 0.1) is 113 Å². The van der Waals surface area contributed by atoms with Gasteiger partial charge in [-0.3, -0.25) is 0 Å². The molecule has 0 amide bonds. The molecule has 0 bridgehead atoms. The summed E-state index contributed by atoms with van der Waals surface area (Å²) in [5, 5.41) is 17.6. The zero-order valence-corrected chi connectivity index (χ0v) is 60.0. The number of aliphatic hydroxyl groups is 2. The molecule has 0 radical (unpaired) electrons. The highest BCUT2D eigenvalue weighted by atomic mass is 32.7. The van der Waals surface area contributed by atoms with Crippen LogP contribution in [0.25, 0.3) is 0 Å². The van der Waals surface area contributed by atoms with Crippen molar-refractivity contribution in [3.8, 4) is 0 Å². The highest BCUT2D eigenvalue weighted by Crippen LogP contribution is 2.78. The van der Waals surface area contributed by atoms with Gasteiger partial charge in [-0.2, -0.15) is 8.42 Å². The third-order valence-corrected chi connectivity index (χ3v) is 35.5. The average Bonchev–Trinajstić information content (AvgIpc) is 2.42. The largest absolute Gasteiger partial charge is 0.400 e. The first-order valence-corrected chi connectivity index (χ1v) is 45.5. The van der Waals surface area contributed by atoms with Gasteiger partial charge in [0.25, 0.3) is 0 Å². The van der Waals surface area contributed by atoms with E-state index < -0.39 is 76.3 Å². The molecule has 0 aromatic carbocycles. The molecule has 482 valence electrons. The lowest BCUT2D eigenvalue weighted by Crippen LogP contribution is -2.43. The zero-order chi connectivity index (χ0) is 61.4. The van der Waals surface area contributed by atoms with Crippen LogP contribution in [0.5, 0.6) is 0 Å². The SMILES string of the molecule is CC1(C)OC2C[P+](C)(S)C[C@H]2O1.CC1(C)O[C@@H]2COS(=O)(=O)OC[C@H]2O1.CC1(C)O[C@@H]2[C@H]([C@H]3[C@H]4OC(C)(C)OC4C[P+]3(C)S)[P@](C)(=S)C[C@H]2O1.CC1(C)O[C@H](CO)[C@@H](CO)O1.C[P@]1C[C@H]2OC(C)(C)O[C@@H]2[C@@H]1[C@H]1[C@H]2OC(C)(C)OC2C[P@]1C. The van der Waals surface area contributed by atoms with Crippen LogP contribution in [0.3, 0.4) is 0 Å². The number of hydrogen-bond acceptors (Lipinski definition) is 23. The molecule has 83 heavy (non-hydrogen) atoms. The maximum Gasteiger partial charge on any atom is 0.400 e. The highest BCUT2D eigenvalue weighted by molar-refractivity contribution is 8.53. The molecule has 13 saturated heterocycles. The molecule has 13 rings (SSSR count). The molecule has 13 fully saturated rings. The van der Waals surface area contributed by atoms with Crippen LogP contribution in [0.1, 0.15) is 96.9 Å². The lowest BCUT2D eigenvalue weighted by molar-refractivity contribution is -0.152. The van der Waals surface area contributed by atoms with Crippen molar-refractivity contribution in [3.05, 3.63) is 0 Å². The van der Waals surface area contributed by atoms with Gasteiger partial charge < -0.3 is 76.5 Å². The molecule has 0 spiro atoms. The lowest BCUT2D eigenvalue weighted by Gasteiger charge is -2.36. The number of fused-ring (bicyclic) bond motifs is 6. The fraction of sp³-hybridized carbons (Fsp3) is 1.00. The van der Waals surface area contributed by atoms with Crippen molar-refractivity contribution in [2.24, 2.45) is 0 Å². The molecule has 0 aromatic heterocycles. The van der Waals surface area contributed by atoms with Crippen molar-refractivity contribution in [2.75, 3.05) is 96.7 Å². The maximum atomic E-state index is 10.9. The Morgan fingerprint density at radius 3 is 1.25 bits per heavy atom. The first-order chi connectivity index (χ1) is 37.8. The second-order valence-corrected chi connectivity index (χ2v) is 52.8. The van der Waals surface area contributed by atoms with Gasteiger partial charge in [0, 0.05) is 42.0 Å². The van der Waals surface area contributed by atoms with E-state index in [4.69, 9.17) is 101 Å². The Morgan fingerprint density at radius 2 is 0.831 bits per heavy atom. The molecule has 23 atom stereocenters. The van der Waals surface area contributed by atoms with Gasteiger partial charge in [-0.15, -0.1) is 15.8 Å². The fourth-order valence-corrected chi connectivity index (χ4v) is 36.0. The zero-order valence-electron chi connectivity index (χ0n) is 52.2. The van der Waals surface area contributed by atoms with Gasteiger partial charge >= 0.3 is 10.4 Å². The minimum absolute atomic E-state index is 0.0591. The van der Waals surface area contributed by atoms with E-state index in [2.05, 4.69) is 53.9 Å². The van der Waals surface area contributed by atoms with Crippen molar-refractivity contribution in [3.63, 3.8) is 0 Å². The molecule has 13 aliphatic rings. The Balaban J connectivity index is 0.000000129. The molecule has 0 aliphatic carbocycles. The number of thiol groups is 2. The summed E-state index contributed by atoms with van der Waals surface area (Å²) in [5.41, 5.74) is 1.87. The number of aliphatic hydroxyl groups excluding tert-OH is 2. The highest BCUT2D eigenvalue weighted by Gasteiger charge is 2.71. The van der Waals surface area contributed by atoms with Crippen molar-refractivity contribution in [2.45, 2.75) is 246 Å². The minimum atomic E-state index is -3.86. The molecule has 13 heterocycles. The van der Waals surface area contributed by atoms with E-state index in [9.17, 15) is 8.42 Å². The number of rotatable bonds is 4. The summed E-state index contributed by atoms with van der Waals surface area (Å²) >= 11 is 16.0. The summed E-state index contributed by atoms with van der Waals surface area (Å²) < 4.78 is 114. The Kier molecular flexibility index (Phi) is 20.6. The smallest absolute Gasteiger partial charge is 0.394 e. The summed E-state index contributed by atoms with van der Waals surface area (Å²) in [6.45, 7) is 36.1. The summed E-state index contributed by atoms with van der Waals surface area (Å²) in [5.74, 6) is -3.62.